The van der Waals surface area contributed by atoms with Crippen LogP contribution < -0.4 is 5.73 Å². The van der Waals surface area contributed by atoms with Gasteiger partial charge in [0.15, 0.2) is 0 Å². The van der Waals surface area contributed by atoms with Gasteiger partial charge in [-0.2, -0.15) is 0 Å². The Labute approximate surface area is 126 Å². The summed E-state index contributed by atoms with van der Waals surface area (Å²) >= 11 is 0. The molecule has 1 rings (SSSR count). The normalized spacial score (nSPS) is 19.5. The standard InChI is InChI=1S/C17H37N3/c1-14(2)11-17(13-18,12-15(3)4)20-9-7-16(8-10-20)19(5)6/h14-16H,7-13,18H2,1-6H3. The maximum atomic E-state index is 6.28. The Hall–Kier alpha value is -0.120. The smallest absolute Gasteiger partial charge is 0.0336 e. The van der Waals surface area contributed by atoms with Crippen molar-refractivity contribution in [1.82, 2.24) is 9.80 Å². The lowest BCUT2D eigenvalue weighted by molar-refractivity contribution is 0.0174. The van der Waals surface area contributed by atoms with E-state index in [1.807, 2.05) is 0 Å². The molecule has 120 valence electrons. The lowest BCUT2D eigenvalue weighted by atomic mass is 9.79. The van der Waals surface area contributed by atoms with Gasteiger partial charge in [0.2, 0.25) is 0 Å². The van der Waals surface area contributed by atoms with Gasteiger partial charge in [-0.1, -0.05) is 27.7 Å². The minimum absolute atomic E-state index is 0.222. The molecule has 1 heterocycles. The molecule has 0 radical (unpaired) electrons. The Morgan fingerprint density at radius 1 is 1.05 bits per heavy atom. The van der Waals surface area contributed by atoms with Crippen LogP contribution in [-0.2, 0) is 0 Å². The Morgan fingerprint density at radius 2 is 1.50 bits per heavy atom. The van der Waals surface area contributed by atoms with Crippen molar-refractivity contribution >= 4 is 0 Å². The predicted molar refractivity (Wildman–Crippen MR) is 89.0 cm³/mol. The molecule has 0 spiro atoms. The first-order valence-corrected chi connectivity index (χ1v) is 8.42. The van der Waals surface area contributed by atoms with Gasteiger partial charge in [-0.3, -0.25) is 4.90 Å². The third-order valence-corrected chi connectivity index (χ3v) is 4.82. The molecule has 20 heavy (non-hydrogen) atoms. The average Bonchev–Trinajstić information content (AvgIpc) is 2.36. The van der Waals surface area contributed by atoms with Gasteiger partial charge >= 0.3 is 0 Å². The van der Waals surface area contributed by atoms with E-state index in [9.17, 15) is 0 Å². The van der Waals surface area contributed by atoms with Crippen LogP contribution in [0.2, 0.25) is 0 Å². The van der Waals surface area contributed by atoms with Crippen LogP contribution in [0, 0.1) is 11.8 Å². The average molecular weight is 284 g/mol. The molecule has 0 aliphatic carbocycles. The van der Waals surface area contributed by atoms with Crippen molar-refractivity contribution in [2.24, 2.45) is 17.6 Å². The van der Waals surface area contributed by atoms with Crippen LogP contribution in [0.1, 0.15) is 53.4 Å². The van der Waals surface area contributed by atoms with E-state index in [2.05, 4.69) is 51.6 Å². The highest BCUT2D eigenvalue weighted by Crippen LogP contribution is 2.33. The van der Waals surface area contributed by atoms with Crippen molar-refractivity contribution in [1.29, 1.82) is 0 Å². The largest absolute Gasteiger partial charge is 0.329 e. The van der Waals surface area contributed by atoms with E-state index in [0.717, 1.165) is 12.6 Å². The summed E-state index contributed by atoms with van der Waals surface area (Å²) < 4.78 is 0. The van der Waals surface area contributed by atoms with Gasteiger partial charge in [0, 0.05) is 31.2 Å². The van der Waals surface area contributed by atoms with E-state index in [1.165, 1.54) is 38.8 Å². The molecule has 0 bridgehead atoms. The van der Waals surface area contributed by atoms with Gasteiger partial charge in [-0.15, -0.1) is 0 Å². The fourth-order valence-corrected chi connectivity index (χ4v) is 4.01. The monoisotopic (exact) mass is 283 g/mol. The molecule has 3 heteroatoms. The van der Waals surface area contributed by atoms with Crippen molar-refractivity contribution in [2.45, 2.75) is 65.0 Å². The first-order valence-electron chi connectivity index (χ1n) is 8.42. The van der Waals surface area contributed by atoms with Crippen LogP contribution in [-0.4, -0.2) is 55.1 Å². The molecule has 2 N–H and O–H groups in total. The molecule has 0 unspecified atom stereocenters. The molecule has 1 aliphatic heterocycles. The zero-order valence-electron chi connectivity index (χ0n) is 14.7. The number of hydrogen-bond acceptors (Lipinski definition) is 3. The molecule has 0 saturated carbocycles. The molecule has 0 aromatic rings. The number of piperidine rings is 1. The third kappa shape index (κ3) is 4.71. The second-order valence-electron chi connectivity index (χ2n) is 7.81. The summed E-state index contributed by atoms with van der Waals surface area (Å²) in [6.45, 7) is 12.5. The highest BCUT2D eigenvalue weighted by Gasteiger charge is 2.38. The minimum Gasteiger partial charge on any atom is -0.329 e. The van der Waals surface area contributed by atoms with Gasteiger partial charge in [0.25, 0.3) is 0 Å². The van der Waals surface area contributed by atoms with Crippen molar-refractivity contribution in [3.63, 3.8) is 0 Å². The number of likely N-dealkylation sites (tertiary alicyclic amines) is 1. The fraction of sp³-hybridized carbons (Fsp3) is 1.00. The molecule has 1 fully saturated rings. The SMILES string of the molecule is CC(C)CC(CN)(CC(C)C)N1CCC(N(C)C)CC1. The van der Waals surface area contributed by atoms with Gasteiger partial charge in [0.1, 0.15) is 0 Å². The molecule has 0 amide bonds. The van der Waals surface area contributed by atoms with E-state index < -0.39 is 0 Å². The summed E-state index contributed by atoms with van der Waals surface area (Å²) in [4.78, 5) is 5.10. The van der Waals surface area contributed by atoms with Gasteiger partial charge in [-0.25, -0.2) is 0 Å². The second-order valence-corrected chi connectivity index (χ2v) is 7.81. The summed E-state index contributed by atoms with van der Waals surface area (Å²) in [5.74, 6) is 1.42. The Morgan fingerprint density at radius 3 is 1.80 bits per heavy atom. The lowest BCUT2D eigenvalue weighted by Crippen LogP contribution is -2.59. The quantitative estimate of drug-likeness (QED) is 0.780. The highest BCUT2D eigenvalue weighted by atomic mass is 15.2. The molecular weight excluding hydrogens is 246 g/mol. The number of nitrogens with zero attached hydrogens (tertiary/aromatic N) is 2. The maximum absolute atomic E-state index is 6.28. The van der Waals surface area contributed by atoms with E-state index in [0.29, 0.717) is 11.8 Å². The third-order valence-electron chi connectivity index (χ3n) is 4.82. The minimum atomic E-state index is 0.222. The first-order chi connectivity index (χ1) is 9.30. The Kier molecular flexibility index (Phi) is 6.96. The molecule has 1 saturated heterocycles. The molecule has 0 aromatic carbocycles. The van der Waals surface area contributed by atoms with Gasteiger partial charge in [-0.05, 0) is 51.6 Å². The lowest BCUT2D eigenvalue weighted by Gasteiger charge is -2.49. The van der Waals surface area contributed by atoms with E-state index >= 15 is 0 Å². The zero-order valence-corrected chi connectivity index (χ0v) is 14.7. The zero-order chi connectivity index (χ0) is 15.3. The van der Waals surface area contributed by atoms with E-state index in [4.69, 9.17) is 5.73 Å². The topological polar surface area (TPSA) is 32.5 Å². The Balaban J connectivity index is 2.78. The van der Waals surface area contributed by atoms with E-state index in [1.54, 1.807) is 0 Å². The highest BCUT2D eigenvalue weighted by molar-refractivity contribution is 4.96. The first kappa shape index (κ1) is 17.9. The van der Waals surface area contributed by atoms with Crippen molar-refractivity contribution in [2.75, 3.05) is 33.7 Å². The van der Waals surface area contributed by atoms with E-state index in [-0.39, 0.29) is 5.54 Å². The molecule has 0 aromatic heterocycles. The van der Waals surface area contributed by atoms with Crippen LogP contribution in [0.5, 0.6) is 0 Å². The summed E-state index contributed by atoms with van der Waals surface area (Å²) in [6, 6.07) is 0.750. The van der Waals surface area contributed by atoms with Crippen LogP contribution >= 0.6 is 0 Å². The van der Waals surface area contributed by atoms with Gasteiger partial charge < -0.3 is 10.6 Å². The summed E-state index contributed by atoms with van der Waals surface area (Å²) in [5, 5.41) is 0. The summed E-state index contributed by atoms with van der Waals surface area (Å²) in [5.41, 5.74) is 6.50. The van der Waals surface area contributed by atoms with Crippen molar-refractivity contribution in [3.8, 4) is 0 Å². The molecule has 0 atom stereocenters. The van der Waals surface area contributed by atoms with Crippen LogP contribution in [0.3, 0.4) is 0 Å². The molecule has 1 aliphatic rings. The second kappa shape index (κ2) is 7.77. The van der Waals surface area contributed by atoms with Crippen molar-refractivity contribution in [3.05, 3.63) is 0 Å². The summed E-state index contributed by atoms with van der Waals surface area (Å²) in [7, 11) is 4.41. The predicted octanol–water partition coefficient (Wildman–Crippen LogP) is 2.80. The van der Waals surface area contributed by atoms with Crippen LogP contribution in [0.25, 0.3) is 0 Å². The fourth-order valence-electron chi connectivity index (χ4n) is 4.01. The Bertz CT molecular complexity index is 255. The summed E-state index contributed by atoms with van der Waals surface area (Å²) in [6.07, 6.45) is 5.03. The number of nitrogens with two attached hydrogens (primary N) is 1. The number of hydrogen-bond donors (Lipinski definition) is 1. The molecule has 3 nitrogen and oxygen atoms in total. The van der Waals surface area contributed by atoms with Crippen LogP contribution in [0.4, 0.5) is 0 Å². The van der Waals surface area contributed by atoms with Crippen LogP contribution in [0.15, 0.2) is 0 Å². The van der Waals surface area contributed by atoms with Gasteiger partial charge in [0.05, 0.1) is 0 Å². The molecular formula is C17H37N3. The van der Waals surface area contributed by atoms with Crippen molar-refractivity contribution < 1.29 is 0 Å². The maximum Gasteiger partial charge on any atom is 0.0336 e. The number of rotatable bonds is 7.